The van der Waals surface area contributed by atoms with Gasteiger partial charge in [-0.25, -0.2) is 0 Å². The zero-order chi connectivity index (χ0) is 36.1. The molecule has 2 aromatic carbocycles. The summed E-state index contributed by atoms with van der Waals surface area (Å²) in [5, 5.41) is 3.56. The average Bonchev–Trinajstić information content (AvgIpc) is 3.60. The fourth-order valence-electron chi connectivity index (χ4n) is 7.79. The van der Waals surface area contributed by atoms with Gasteiger partial charge in [0, 0.05) is 66.3 Å². The third-order valence-corrected chi connectivity index (χ3v) is 11.7. The Bertz CT molecular complexity index is 1530. The lowest BCUT2D eigenvalue weighted by atomic mass is 9.77. The molecule has 1 saturated heterocycles. The molecule has 7 nitrogen and oxygen atoms in total. The molecule has 1 amide bonds. The molecule has 1 atom stereocenters. The van der Waals surface area contributed by atoms with Crippen molar-refractivity contribution in [3.63, 3.8) is 0 Å². The molecular formula is C43H63N3O4S. The van der Waals surface area contributed by atoms with E-state index in [0.717, 1.165) is 81.8 Å². The fourth-order valence-corrected chi connectivity index (χ4v) is 8.60. The van der Waals surface area contributed by atoms with Crippen LogP contribution >= 0.6 is 11.3 Å². The summed E-state index contributed by atoms with van der Waals surface area (Å²) in [6.45, 7) is 14.2. The monoisotopic (exact) mass is 717 g/mol. The first kappa shape index (κ1) is 39.1. The quantitative estimate of drug-likeness (QED) is 0.0808. The number of esters is 1. The molecule has 1 unspecified atom stereocenters. The Morgan fingerprint density at radius 1 is 0.843 bits per heavy atom. The standard InChI is InChI=1S/C43H63N3O4S/c1-5-6-7-8-9-10-11-12-13-14-15-21-42(48)50-34(2)46-39-32-35(22-23-37(39)43(3,4)33-41(46)47)49-30-17-16-25-44-26-28-45(29-27-44)38-19-18-20-40-36(38)24-31-51-40/h18-20,22-24,31-32,34H,5-17,21,25-30,33H2,1-4H3. The van der Waals surface area contributed by atoms with Crippen molar-refractivity contribution in [1.29, 1.82) is 0 Å². The maximum absolute atomic E-state index is 13.4. The summed E-state index contributed by atoms with van der Waals surface area (Å²) in [5.74, 6) is 0.498. The minimum atomic E-state index is -0.665. The Hall–Kier alpha value is -3.10. The second-order valence-electron chi connectivity index (χ2n) is 15.4. The van der Waals surface area contributed by atoms with E-state index in [1.807, 2.05) is 30.4 Å². The van der Waals surface area contributed by atoms with Crippen LogP contribution in [-0.4, -0.2) is 62.3 Å². The molecular weight excluding hydrogens is 655 g/mol. The average molecular weight is 718 g/mol. The number of unbranched alkanes of at least 4 members (excludes halogenated alkanes) is 11. The van der Waals surface area contributed by atoms with Gasteiger partial charge in [-0.2, -0.15) is 0 Å². The van der Waals surface area contributed by atoms with Gasteiger partial charge in [-0.1, -0.05) is 97.1 Å². The molecule has 1 aromatic heterocycles. The van der Waals surface area contributed by atoms with Gasteiger partial charge >= 0.3 is 5.97 Å². The van der Waals surface area contributed by atoms with Crippen LogP contribution in [0.25, 0.3) is 10.1 Å². The van der Waals surface area contributed by atoms with Crippen molar-refractivity contribution in [2.75, 3.05) is 49.1 Å². The van der Waals surface area contributed by atoms with Gasteiger partial charge in [-0.15, -0.1) is 11.3 Å². The van der Waals surface area contributed by atoms with Gasteiger partial charge in [-0.05, 0) is 67.9 Å². The van der Waals surface area contributed by atoms with Crippen molar-refractivity contribution in [3.8, 4) is 5.75 Å². The third-order valence-electron chi connectivity index (χ3n) is 10.8. The van der Waals surface area contributed by atoms with Crippen molar-refractivity contribution < 1.29 is 19.1 Å². The molecule has 3 aromatic rings. The van der Waals surface area contributed by atoms with Gasteiger partial charge in [0.1, 0.15) is 5.75 Å². The highest BCUT2D eigenvalue weighted by Gasteiger charge is 2.39. The number of hydrogen-bond acceptors (Lipinski definition) is 7. The number of benzene rings is 2. The lowest BCUT2D eigenvalue weighted by Gasteiger charge is -2.41. The number of thiophene rings is 1. The van der Waals surface area contributed by atoms with Crippen LogP contribution in [0.1, 0.15) is 130 Å². The number of hydrogen-bond donors (Lipinski definition) is 0. The molecule has 2 aliphatic rings. The topological polar surface area (TPSA) is 62.3 Å². The van der Waals surface area contributed by atoms with Gasteiger partial charge in [0.25, 0.3) is 0 Å². The van der Waals surface area contributed by atoms with Crippen LogP contribution in [0.4, 0.5) is 11.4 Å². The van der Waals surface area contributed by atoms with E-state index in [9.17, 15) is 9.59 Å². The second kappa shape index (κ2) is 19.7. The van der Waals surface area contributed by atoms with Crippen LogP contribution in [0, 0.1) is 0 Å². The molecule has 0 radical (unpaired) electrons. The predicted molar refractivity (Wildman–Crippen MR) is 213 cm³/mol. The number of anilines is 2. The van der Waals surface area contributed by atoms with E-state index in [0.29, 0.717) is 19.4 Å². The largest absolute Gasteiger partial charge is 0.494 e. The van der Waals surface area contributed by atoms with Gasteiger partial charge < -0.3 is 14.4 Å². The number of carbonyl (C=O) groups excluding carboxylic acids is 2. The molecule has 0 saturated carbocycles. The third kappa shape index (κ3) is 11.2. The first-order valence-electron chi connectivity index (χ1n) is 20.0. The highest BCUT2D eigenvalue weighted by atomic mass is 32.1. The van der Waals surface area contributed by atoms with Crippen molar-refractivity contribution in [1.82, 2.24) is 4.90 Å². The number of piperazine rings is 1. The summed E-state index contributed by atoms with van der Waals surface area (Å²) in [5.41, 5.74) is 2.93. The number of amides is 1. The van der Waals surface area contributed by atoms with E-state index in [2.05, 4.69) is 66.3 Å². The normalized spacial score (nSPS) is 16.7. The van der Waals surface area contributed by atoms with E-state index < -0.39 is 6.23 Å². The number of ether oxygens (including phenoxy) is 2. The van der Waals surface area contributed by atoms with Crippen LogP contribution in [0.15, 0.2) is 47.8 Å². The maximum atomic E-state index is 13.4. The fraction of sp³-hybridized carbons (Fsp3) is 0.628. The van der Waals surface area contributed by atoms with E-state index >= 15 is 0 Å². The Labute approximate surface area is 311 Å². The molecule has 5 rings (SSSR count). The Morgan fingerprint density at radius 3 is 2.27 bits per heavy atom. The van der Waals surface area contributed by atoms with Crippen LogP contribution in [0.5, 0.6) is 5.75 Å². The molecule has 3 heterocycles. The summed E-state index contributed by atoms with van der Waals surface area (Å²) in [6, 6.07) is 15.0. The highest BCUT2D eigenvalue weighted by Crippen LogP contribution is 2.43. The minimum absolute atomic E-state index is 0.0215. The van der Waals surface area contributed by atoms with E-state index in [4.69, 9.17) is 9.47 Å². The van der Waals surface area contributed by atoms with Gasteiger partial charge in [0.15, 0.2) is 6.23 Å². The van der Waals surface area contributed by atoms with Crippen LogP contribution in [0.3, 0.4) is 0 Å². The molecule has 0 aliphatic carbocycles. The zero-order valence-electron chi connectivity index (χ0n) is 31.9. The van der Waals surface area contributed by atoms with Crippen LogP contribution in [0.2, 0.25) is 0 Å². The van der Waals surface area contributed by atoms with Gasteiger partial charge in [0.2, 0.25) is 5.91 Å². The molecule has 8 heteroatoms. The molecule has 0 spiro atoms. The summed E-state index contributed by atoms with van der Waals surface area (Å²) < 4.78 is 13.4. The molecule has 51 heavy (non-hydrogen) atoms. The summed E-state index contributed by atoms with van der Waals surface area (Å²) in [6.07, 6.45) is 15.8. The number of carbonyl (C=O) groups is 2. The molecule has 0 N–H and O–H groups in total. The zero-order valence-corrected chi connectivity index (χ0v) is 32.7. The van der Waals surface area contributed by atoms with Gasteiger partial charge in [-0.3, -0.25) is 19.4 Å². The molecule has 280 valence electrons. The van der Waals surface area contributed by atoms with Crippen LogP contribution in [-0.2, 0) is 19.7 Å². The lowest BCUT2D eigenvalue weighted by Crippen LogP contribution is -2.48. The number of nitrogens with zero attached hydrogens (tertiary/aromatic N) is 3. The second-order valence-corrected chi connectivity index (χ2v) is 16.3. The Morgan fingerprint density at radius 2 is 1.55 bits per heavy atom. The van der Waals surface area contributed by atoms with E-state index in [1.165, 1.54) is 67.1 Å². The van der Waals surface area contributed by atoms with Crippen molar-refractivity contribution >= 4 is 44.7 Å². The summed E-state index contributed by atoms with van der Waals surface area (Å²) in [7, 11) is 0. The summed E-state index contributed by atoms with van der Waals surface area (Å²) in [4.78, 5) is 33.0. The predicted octanol–water partition coefficient (Wildman–Crippen LogP) is 10.5. The minimum Gasteiger partial charge on any atom is -0.494 e. The van der Waals surface area contributed by atoms with Crippen molar-refractivity contribution in [2.45, 2.75) is 136 Å². The van der Waals surface area contributed by atoms with Crippen molar-refractivity contribution in [3.05, 3.63) is 53.4 Å². The van der Waals surface area contributed by atoms with E-state index in [1.54, 1.807) is 4.90 Å². The van der Waals surface area contributed by atoms with Crippen LogP contribution < -0.4 is 14.5 Å². The van der Waals surface area contributed by atoms with E-state index in [-0.39, 0.29) is 17.3 Å². The maximum Gasteiger partial charge on any atom is 0.307 e. The molecule has 1 fully saturated rings. The first-order chi connectivity index (χ1) is 24.8. The lowest BCUT2D eigenvalue weighted by molar-refractivity contribution is -0.149. The highest BCUT2D eigenvalue weighted by molar-refractivity contribution is 7.17. The Balaban J connectivity index is 1.02. The SMILES string of the molecule is CCCCCCCCCCCCCC(=O)OC(C)N1C(=O)CC(C)(C)c2ccc(OCCCCN3CCN(c4cccc5sccc45)CC3)cc21. The molecule has 0 bridgehead atoms. The summed E-state index contributed by atoms with van der Waals surface area (Å²) >= 11 is 1.81. The van der Waals surface area contributed by atoms with Crippen molar-refractivity contribution in [2.24, 2.45) is 0 Å². The first-order valence-corrected chi connectivity index (χ1v) is 20.9. The Kier molecular flexibility index (Phi) is 15.1. The smallest absolute Gasteiger partial charge is 0.307 e. The van der Waals surface area contributed by atoms with Gasteiger partial charge in [0.05, 0.1) is 12.3 Å². The molecule has 2 aliphatic heterocycles. The number of rotatable bonds is 21. The number of fused-ring (bicyclic) bond motifs is 2.